The fourth-order valence-electron chi connectivity index (χ4n) is 2.21. The summed E-state index contributed by atoms with van der Waals surface area (Å²) in [5.74, 6) is 0.698. The Morgan fingerprint density at radius 1 is 1.67 bits per heavy atom. The lowest BCUT2D eigenvalue weighted by atomic mass is 10.0. The van der Waals surface area contributed by atoms with Crippen molar-refractivity contribution in [1.29, 1.82) is 0 Å². The Balaban J connectivity index is 2.03. The minimum absolute atomic E-state index is 0.110. The van der Waals surface area contributed by atoms with Gasteiger partial charge in [-0.15, -0.1) is 11.3 Å². The summed E-state index contributed by atoms with van der Waals surface area (Å²) in [5.41, 5.74) is 8.26. The highest BCUT2D eigenvalue weighted by Gasteiger charge is 2.22. The fourth-order valence-corrected chi connectivity index (χ4v) is 3.10. The summed E-state index contributed by atoms with van der Waals surface area (Å²) < 4.78 is 0. The Morgan fingerprint density at radius 3 is 3.22 bits per heavy atom. The standard InChI is InChI=1S/C12H16N4OS/c1-9-3-2-6-16(8-9)12(17)11-5-4-10(18-11)7-14-15-13/h4-5,9H,2-3,6-8H2,1H3. The van der Waals surface area contributed by atoms with Crippen molar-refractivity contribution in [3.8, 4) is 0 Å². The van der Waals surface area contributed by atoms with Crippen molar-refractivity contribution in [2.75, 3.05) is 13.1 Å². The summed E-state index contributed by atoms with van der Waals surface area (Å²) in [7, 11) is 0. The summed E-state index contributed by atoms with van der Waals surface area (Å²) in [5, 5.41) is 3.51. The molecule has 0 radical (unpaired) electrons. The van der Waals surface area contributed by atoms with E-state index >= 15 is 0 Å². The second kappa shape index (κ2) is 5.89. The lowest BCUT2D eigenvalue weighted by Crippen LogP contribution is -2.38. The van der Waals surface area contributed by atoms with Gasteiger partial charge in [0.05, 0.1) is 11.4 Å². The number of azide groups is 1. The van der Waals surface area contributed by atoms with Gasteiger partial charge in [0, 0.05) is 22.9 Å². The van der Waals surface area contributed by atoms with Gasteiger partial charge in [-0.2, -0.15) is 0 Å². The molecule has 0 aliphatic carbocycles. The van der Waals surface area contributed by atoms with Crippen molar-refractivity contribution < 1.29 is 4.79 Å². The maximum atomic E-state index is 12.3. The summed E-state index contributed by atoms with van der Waals surface area (Å²) in [6, 6.07) is 3.69. The molecule has 1 aromatic heterocycles. The predicted octanol–water partition coefficient (Wildman–Crippen LogP) is 3.43. The van der Waals surface area contributed by atoms with E-state index in [2.05, 4.69) is 16.9 Å². The van der Waals surface area contributed by atoms with Crippen LogP contribution in [0, 0.1) is 5.92 Å². The molecule has 0 N–H and O–H groups in total. The number of likely N-dealkylation sites (tertiary alicyclic amines) is 1. The number of nitrogens with zero attached hydrogens (tertiary/aromatic N) is 4. The second-order valence-corrected chi connectivity index (χ2v) is 5.82. The third-order valence-corrected chi connectivity index (χ3v) is 4.16. The third kappa shape index (κ3) is 3.03. The molecular formula is C12H16N4OS. The van der Waals surface area contributed by atoms with Crippen LogP contribution in [0.3, 0.4) is 0 Å². The molecule has 1 saturated heterocycles. The molecule has 0 aromatic carbocycles. The monoisotopic (exact) mass is 264 g/mol. The Kier molecular flexibility index (Phi) is 4.23. The summed E-state index contributed by atoms with van der Waals surface area (Å²) >= 11 is 1.42. The molecule has 0 bridgehead atoms. The Hall–Kier alpha value is -1.52. The molecule has 5 nitrogen and oxygen atoms in total. The molecule has 1 aliphatic heterocycles. The van der Waals surface area contributed by atoms with Gasteiger partial charge in [-0.3, -0.25) is 4.79 Å². The van der Waals surface area contributed by atoms with E-state index in [1.54, 1.807) is 0 Å². The summed E-state index contributed by atoms with van der Waals surface area (Å²) in [4.78, 5) is 18.6. The van der Waals surface area contributed by atoms with Crippen LogP contribution in [-0.2, 0) is 6.54 Å². The number of carbonyl (C=O) groups is 1. The molecule has 18 heavy (non-hydrogen) atoms. The normalized spacial score (nSPS) is 19.4. The van der Waals surface area contributed by atoms with Gasteiger partial charge in [0.1, 0.15) is 0 Å². The average molecular weight is 264 g/mol. The summed E-state index contributed by atoms with van der Waals surface area (Å²) in [6.07, 6.45) is 2.29. The molecule has 1 amide bonds. The van der Waals surface area contributed by atoms with Crippen LogP contribution in [0.1, 0.15) is 34.3 Å². The van der Waals surface area contributed by atoms with Crippen molar-refractivity contribution >= 4 is 17.2 Å². The van der Waals surface area contributed by atoms with Gasteiger partial charge in [0.25, 0.3) is 5.91 Å². The average Bonchev–Trinajstić information content (AvgIpc) is 2.84. The predicted molar refractivity (Wildman–Crippen MR) is 71.5 cm³/mol. The molecule has 1 atom stereocenters. The van der Waals surface area contributed by atoms with Crippen molar-refractivity contribution in [3.05, 3.63) is 32.3 Å². The Bertz CT molecular complexity index is 478. The van der Waals surface area contributed by atoms with Crippen molar-refractivity contribution in [2.24, 2.45) is 11.0 Å². The van der Waals surface area contributed by atoms with E-state index in [1.807, 2.05) is 17.0 Å². The van der Waals surface area contributed by atoms with Gasteiger partial charge >= 0.3 is 0 Å². The van der Waals surface area contributed by atoms with E-state index in [-0.39, 0.29) is 5.91 Å². The van der Waals surface area contributed by atoms with Gasteiger partial charge in [-0.1, -0.05) is 12.0 Å². The van der Waals surface area contributed by atoms with E-state index in [4.69, 9.17) is 5.53 Å². The topological polar surface area (TPSA) is 69.1 Å². The zero-order chi connectivity index (χ0) is 13.0. The van der Waals surface area contributed by atoms with Crippen LogP contribution in [0.25, 0.3) is 10.4 Å². The maximum Gasteiger partial charge on any atom is 0.263 e. The van der Waals surface area contributed by atoms with Gasteiger partial charge in [0.2, 0.25) is 0 Å². The van der Waals surface area contributed by atoms with Gasteiger partial charge in [-0.25, -0.2) is 0 Å². The number of piperidine rings is 1. The van der Waals surface area contributed by atoms with E-state index < -0.39 is 0 Å². The van der Waals surface area contributed by atoms with E-state index in [0.29, 0.717) is 12.5 Å². The second-order valence-electron chi connectivity index (χ2n) is 4.65. The summed E-state index contributed by atoms with van der Waals surface area (Å²) in [6.45, 7) is 4.21. The van der Waals surface area contributed by atoms with Crippen LogP contribution in [0.15, 0.2) is 17.2 Å². The van der Waals surface area contributed by atoms with E-state index in [1.165, 1.54) is 17.8 Å². The molecule has 2 heterocycles. The smallest absolute Gasteiger partial charge is 0.263 e. The number of amides is 1. The number of hydrogen-bond donors (Lipinski definition) is 0. The van der Waals surface area contributed by atoms with Crippen molar-refractivity contribution in [2.45, 2.75) is 26.3 Å². The first-order chi connectivity index (χ1) is 8.70. The van der Waals surface area contributed by atoms with Gasteiger partial charge < -0.3 is 4.90 Å². The van der Waals surface area contributed by atoms with Crippen LogP contribution in [0.4, 0.5) is 0 Å². The largest absolute Gasteiger partial charge is 0.338 e. The first-order valence-electron chi connectivity index (χ1n) is 6.09. The quantitative estimate of drug-likeness (QED) is 0.468. The fraction of sp³-hybridized carbons (Fsp3) is 0.583. The van der Waals surface area contributed by atoms with Crippen LogP contribution in [0.2, 0.25) is 0 Å². The first kappa shape index (κ1) is 12.9. The Morgan fingerprint density at radius 2 is 2.50 bits per heavy atom. The number of thiophene rings is 1. The molecule has 1 aromatic rings. The van der Waals surface area contributed by atoms with E-state index in [9.17, 15) is 4.79 Å². The lowest BCUT2D eigenvalue weighted by Gasteiger charge is -2.30. The molecule has 1 aliphatic rings. The molecule has 0 saturated carbocycles. The first-order valence-corrected chi connectivity index (χ1v) is 6.91. The lowest BCUT2D eigenvalue weighted by molar-refractivity contribution is 0.0688. The minimum Gasteiger partial charge on any atom is -0.338 e. The zero-order valence-corrected chi connectivity index (χ0v) is 11.2. The molecule has 6 heteroatoms. The number of rotatable bonds is 3. The van der Waals surface area contributed by atoms with Crippen molar-refractivity contribution in [3.63, 3.8) is 0 Å². The highest BCUT2D eigenvalue weighted by molar-refractivity contribution is 7.14. The van der Waals surface area contributed by atoms with E-state index in [0.717, 1.165) is 29.3 Å². The van der Waals surface area contributed by atoms with Crippen LogP contribution in [-0.4, -0.2) is 23.9 Å². The van der Waals surface area contributed by atoms with Crippen LogP contribution >= 0.6 is 11.3 Å². The van der Waals surface area contributed by atoms with Gasteiger partial charge in [-0.05, 0) is 36.4 Å². The molecule has 1 unspecified atom stereocenters. The molecule has 96 valence electrons. The number of hydrogen-bond acceptors (Lipinski definition) is 3. The zero-order valence-electron chi connectivity index (χ0n) is 10.4. The highest BCUT2D eigenvalue weighted by atomic mass is 32.1. The van der Waals surface area contributed by atoms with Crippen molar-refractivity contribution in [1.82, 2.24) is 4.90 Å². The number of carbonyl (C=O) groups excluding carboxylic acids is 1. The third-order valence-electron chi connectivity index (χ3n) is 3.11. The van der Waals surface area contributed by atoms with Crippen LogP contribution < -0.4 is 0 Å². The highest BCUT2D eigenvalue weighted by Crippen LogP contribution is 2.22. The Labute approximate surface area is 110 Å². The van der Waals surface area contributed by atoms with Gasteiger partial charge in [0.15, 0.2) is 0 Å². The molecular weight excluding hydrogens is 248 g/mol. The SMILES string of the molecule is CC1CCCN(C(=O)c2ccc(CN=[N+]=[N-])s2)C1. The molecule has 1 fully saturated rings. The molecule has 2 rings (SSSR count). The minimum atomic E-state index is 0.110. The van der Waals surface area contributed by atoms with Crippen LogP contribution in [0.5, 0.6) is 0 Å². The maximum absolute atomic E-state index is 12.3. The molecule has 0 spiro atoms.